The summed E-state index contributed by atoms with van der Waals surface area (Å²) in [4.78, 5) is 26.5. The summed E-state index contributed by atoms with van der Waals surface area (Å²) in [6.07, 6.45) is 0.136. The molecule has 1 aliphatic rings. The average molecular weight is 395 g/mol. The molecule has 0 saturated carbocycles. The van der Waals surface area contributed by atoms with Crippen LogP contribution in [-0.2, 0) is 9.53 Å². The number of para-hydroxylation sites is 1. The second-order valence-electron chi connectivity index (χ2n) is 6.15. The van der Waals surface area contributed by atoms with Crippen LogP contribution in [0.1, 0.15) is 16.8 Å². The standard InChI is InChI=1S/C21H21N3O5/c1-23-17-6-3-2-5-16(17)21(26)29-14-20(25)24(10-4-9-22)15-7-8-18-19(13-15)28-12-11-27-18/h2-3,5-8,13,23H,4,10-12,14H2,1H3. The van der Waals surface area contributed by atoms with Crippen molar-refractivity contribution < 1.29 is 23.8 Å². The smallest absolute Gasteiger partial charge is 0.340 e. The van der Waals surface area contributed by atoms with Gasteiger partial charge < -0.3 is 24.4 Å². The number of rotatable bonds is 7. The molecule has 2 aromatic rings. The van der Waals surface area contributed by atoms with E-state index in [4.69, 9.17) is 19.5 Å². The van der Waals surface area contributed by atoms with Crippen molar-refractivity contribution in [2.45, 2.75) is 6.42 Å². The van der Waals surface area contributed by atoms with E-state index in [0.29, 0.717) is 41.7 Å². The van der Waals surface area contributed by atoms with Gasteiger partial charge in [-0.1, -0.05) is 12.1 Å². The molecule has 0 fully saturated rings. The minimum atomic E-state index is -0.606. The average Bonchev–Trinajstić information content (AvgIpc) is 2.77. The fourth-order valence-electron chi connectivity index (χ4n) is 2.92. The number of esters is 1. The van der Waals surface area contributed by atoms with Crippen molar-refractivity contribution in [2.24, 2.45) is 0 Å². The number of nitrogens with zero attached hydrogens (tertiary/aromatic N) is 2. The second-order valence-corrected chi connectivity index (χ2v) is 6.15. The van der Waals surface area contributed by atoms with Gasteiger partial charge in [-0.3, -0.25) is 4.79 Å². The maximum absolute atomic E-state index is 12.8. The Kier molecular flexibility index (Phi) is 6.53. The van der Waals surface area contributed by atoms with Gasteiger partial charge in [-0.15, -0.1) is 0 Å². The lowest BCUT2D eigenvalue weighted by atomic mass is 10.2. The molecule has 0 atom stereocenters. The number of amides is 1. The molecule has 2 aromatic carbocycles. The monoisotopic (exact) mass is 395 g/mol. The Hall–Kier alpha value is -3.73. The van der Waals surface area contributed by atoms with Crippen LogP contribution in [0.4, 0.5) is 11.4 Å². The summed E-state index contributed by atoms with van der Waals surface area (Å²) < 4.78 is 16.3. The van der Waals surface area contributed by atoms with Gasteiger partial charge in [0.15, 0.2) is 18.1 Å². The third kappa shape index (κ3) is 4.76. The maximum Gasteiger partial charge on any atom is 0.340 e. The van der Waals surface area contributed by atoms with Crippen molar-refractivity contribution >= 4 is 23.3 Å². The fraction of sp³-hybridized carbons (Fsp3) is 0.286. The van der Waals surface area contributed by atoms with E-state index in [1.165, 1.54) is 4.90 Å². The van der Waals surface area contributed by atoms with E-state index in [9.17, 15) is 9.59 Å². The number of carbonyl (C=O) groups excluding carboxylic acids is 2. The summed E-state index contributed by atoms with van der Waals surface area (Å²) in [7, 11) is 1.70. The molecular formula is C21H21N3O5. The molecule has 0 spiro atoms. The summed E-state index contributed by atoms with van der Waals surface area (Å²) in [5, 5.41) is 11.8. The SMILES string of the molecule is CNc1ccccc1C(=O)OCC(=O)N(CCC#N)c1ccc2c(c1)OCCO2. The van der Waals surface area contributed by atoms with Gasteiger partial charge >= 0.3 is 5.97 Å². The first-order chi connectivity index (χ1) is 14.1. The lowest BCUT2D eigenvalue weighted by Gasteiger charge is -2.24. The second kappa shape index (κ2) is 9.46. The Morgan fingerprint density at radius 2 is 1.93 bits per heavy atom. The van der Waals surface area contributed by atoms with Gasteiger partial charge in [0.2, 0.25) is 0 Å². The van der Waals surface area contributed by atoms with Gasteiger partial charge in [0.25, 0.3) is 5.91 Å². The topological polar surface area (TPSA) is 101 Å². The predicted molar refractivity (Wildman–Crippen MR) is 106 cm³/mol. The maximum atomic E-state index is 12.8. The zero-order chi connectivity index (χ0) is 20.6. The summed E-state index contributed by atoms with van der Waals surface area (Å²) in [6, 6.07) is 14.0. The summed E-state index contributed by atoms with van der Waals surface area (Å²) in [6.45, 7) is 0.606. The highest BCUT2D eigenvalue weighted by Crippen LogP contribution is 2.34. The highest BCUT2D eigenvalue weighted by molar-refractivity contribution is 5.99. The van der Waals surface area contributed by atoms with Gasteiger partial charge in [-0.25, -0.2) is 4.79 Å². The van der Waals surface area contributed by atoms with Crippen LogP contribution in [0.5, 0.6) is 11.5 Å². The molecule has 0 radical (unpaired) electrons. The number of anilines is 2. The Balaban J connectivity index is 1.72. The fourth-order valence-corrected chi connectivity index (χ4v) is 2.92. The predicted octanol–water partition coefficient (Wildman–Crippen LogP) is 2.60. The highest BCUT2D eigenvalue weighted by atomic mass is 16.6. The number of nitrogens with one attached hydrogen (secondary N) is 1. The minimum absolute atomic E-state index is 0.136. The number of nitriles is 1. The van der Waals surface area contributed by atoms with Crippen molar-refractivity contribution in [3.8, 4) is 17.6 Å². The number of hydrogen-bond acceptors (Lipinski definition) is 7. The lowest BCUT2D eigenvalue weighted by molar-refractivity contribution is -0.121. The Morgan fingerprint density at radius 1 is 1.17 bits per heavy atom. The number of benzene rings is 2. The summed E-state index contributed by atoms with van der Waals surface area (Å²) >= 11 is 0. The van der Waals surface area contributed by atoms with Crippen LogP contribution in [0, 0.1) is 11.3 Å². The molecule has 1 amide bonds. The van der Waals surface area contributed by atoms with E-state index in [2.05, 4.69) is 5.32 Å². The normalized spacial score (nSPS) is 11.9. The van der Waals surface area contributed by atoms with Crippen molar-refractivity contribution in [3.05, 3.63) is 48.0 Å². The number of carbonyl (C=O) groups is 2. The molecule has 0 aliphatic carbocycles. The van der Waals surface area contributed by atoms with Crippen LogP contribution in [-0.4, -0.2) is 45.3 Å². The van der Waals surface area contributed by atoms with Crippen LogP contribution in [0.3, 0.4) is 0 Å². The third-order valence-corrected chi connectivity index (χ3v) is 4.33. The molecule has 1 heterocycles. The van der Waals surface area contributed by atoms with Gasteiger partial charge in [-0.05, 0) is 24.3 Å². The Morgan fingerprint density at radius 3 is 2.69 bits per heavy atom. The van der Waals surface area contributed by atoms with E-state index < -0.39 is 18.5 Å². The molecule has 0 unspecified atom stereocenters. The van der Waals surface area contributed by atoms with E-state index in [0.717, 1.165) is 0 Å². The van der Waals surface area contributed by atoms with Gasteiger partial charge in [0.1, 0.15) is 13.2 Å². The van der Waals surface area contributed by atoms with Crippen LogP contribution in [0.25, 0.3) is 0 Å². The highest BCUT2D eigenvalue weighted by Gasteiger charge is 2.21. The van der Waals surface area contributed by atoms with E-state index >= 15 is 0 Å². The van der Waals surface area contributed by atoms with Crippen LogP contribution in [0.2, 0.25) is 0 Å². The van der Waals surface area contributed by atoms with Crippen LogP contribution >= 0.6 is 0 Å². The molecule has 29 heavy (non-hydrogen) atoms. The Labute approximate surface area is 168 Å². The lowest BCUT2D eigenvalue weighted by Crippen LogP contribution is -2.35. The number of hydrogen-bond donors (Lipinski definition) is 1. The molecule has 8 nitrogen and oxygen atoms in total. The van der Waals surface area contributed by atoms with E-state index in [-0.39, 0.29) is 13.0 Å². The van der Waals surface area contributed by atoms with Crippen molar-refractivity contribution in [3.63, 3.8) is 0 Å². The molecule has 0 saturated heterocycles. The van der Waals surface area contributed by atoms with Crippen LogP contribution < -0.4 is 19.7 Å². The molecule has 0 aromatic heterocycles. The van der Waals surface area contributed by atoms with Gasteiger partial charge in [0, 0.05) is 31.0 Å². The first-order valence-corrected chi connectivity index (χ1v) is 9.15. The molecule has 3 rings (SSSR count). The van der Waals surface area contributed by atoms with Crippen molar-refractivity contribution in [1.29, 1.82) is 5.26 Å². The molecule has 1 aliphatic heterocycles. The molecular weight excluding hydrogens is 374 g/mol. The minimum Gasteiger partial charge on any atom is -0.486 e. The molecule has 8 heteroatoms. The van der Waals surface area contributed by atoms with E-state index in [1.807, 2.05) is 6.07 Å². The summed E-state index contributed by atoms with van der Waals surface area (Å²) in [5.74, 6) is 0.0872. The molecule has 1 N–H and O–H groups in total. The van der Waals surface area contributed by atoms with Gasteiger partial charge in [0.05, 0.1) is 18.1 Å². The summed E-state index contributed by atoms with van der Waals surface area (Å²) in [5.41, 5.74) is 1.49. The van der Waals surface area contributed by atoms with Crippen molar-refractivity contribution in [2.75, 3.05) is 43.6 Å². The zero-order valence-electron chi connectivity index (χ0n) is 16.0. The number of ether oxygens (including phenoxy) is 3. The largest absolute Gasteiger partial charge is 0.486 e. The Bertz CT molecular complexity index is 938. The van der Waals surface area contributed by atoms with Crippen molar-refractivity contribution in [1.82, 2.24) is 0 Å². The first-order valence-electron chi connectivity index (χ1n) is 9.15. The first kappa shape index (κ1) is 20.0. The van der Waals surface area contributed by atoms with Gasteiger partial charge in [-0.2, -0.15) is 5.26 Å². The molecule has 150 valence electrons. The number of fused-ring (bicyclic) bond motifs is 1. The third-order valence-electron chi connectivity index (χ3n) is 4.33. The van der Waals surface area contributed by atoms with E-state index in [1.54, 1.807) is 49.5 Å². The molecule has 0 bridgehead atoms. The zero-order valence-corrected chi connectivity index (χ0v) is 16.0. The van der Waals surface area contributed by atoms with Crippen LogP contribution in [0.15, 0.2) is 42.5 Å². The quantitative estimate of drug-likeness (QED) is 0.719.